The third-order valence-electron chi connectivity index (χ3n) is 4.97. The predicted octanol–water partition coefficient (Wildman–Crippen LogP) is 4.26. The lowest BCUT2D eigenvalue weighted by Gasteiger charge is -2.19. The van der Waals surface area contributed by atoms with Crippen molar-refractivity contribution in [1.29, 1.82) is 0 Å². The van der Waals surface area contributed by atoms with Crippen LogP contribution in [0.5, 0.6) is 11.5 Å². The monoisotopic (exact) mass is 484 g/mol. The molecule has 0 aliphatic carbocycles. The summed E-state index contributed by atoms with van der Waals surface area (Å²) in [7, 11) is 1.39. The second kappa shape index (κ2) is 11.2. The molecule has 0 spiro atoms. The van der Waals surface area contributed by atoms with Crippen molar-refractivity contribution in [2.75, 3.05) is 19.0 Å². The van der Waals surface area contributed by atoms with Crippen molar-refractivity contribution in [3.63, 3.8) is 0 Å². The summed E-state index contributed by atoms with van der Waals surface area (Å²) < 4.78 is 11.0. The van der Waals surface area contributed by atoms with E-state index in [1.165, 1.54) is 37.5 Å². The molecule has 0 unspecified atom stereocenters. The van der Waals surface area contributed by atoms with Gasteiger partial charge in [-0.3, -0.25) is 19.7 Å². The lowest BCUT2D eigenvalue weighted by Crippen LogP contribution is -2.27. The van der Waals surface area contributed by atoms with Gasteiger partial charge in [0.05, 0.1) is 29.3 Å². The first-order valence-corrected chi connectivity index (χ1v) is 11.3. The average Bonchev–Trinajstić information content (AvgIpc) is 3.34. The Bertz CT molecular complexity index is 1180. The molecule has 11 heteroatoms. The van der Waals surface area contributed by atoms with Gasteiger partial charge < -0.3 is 19.7 Å². The molecule has 178 valence electrons. The summed E-state index contributed by atoms with van der Waals surface area (Å²) in [6, 6.07) is 9.41. The van der Waals surface area contributed by atoms with Crippen LogP contribution in [0.1, 0.15) is 35.5 Å². The topological polar surface area (TPSA) is 124 Å². The van der Waals surface area contributed by atoms with Gasteiger partial charge in [0, 0.05) is 37.1 Å². The van der Waals surface area contributed by atoms with E-state index in [0.717, 1.165) is 5.56 Å². The summed E-state index contributed by atoms with van der Waals surface area (Å²) in [4.78, 5) is 41.5. The minimum absolute atomic E-state index is 0.0586. The highest BCUT2D eigenvalue weighted by Gasteiger charge is 2.25. The number of amides is 2. The Labute approximate surface area is 200 Å². The third kappa shape index (κ3) is 6.07. The van der Waals surface area contributed by atoms with Gasteiger partial charge in [-0.1, -0.05) is 12.1 Å². The van der Waals surface area contributed by atoms with Crippen LogP contribution in [0.3, 0.4) is 0 Å². The highest BCUT2D eigenvalue weighted by Crippen LogP contribution is 2.35. The Morgan fingerprint density at radius 1 is 1.24 bits per heavy atom. The molecule has 1 heterocycles. The minimum Gasteiger partial charge on any atom is -0.493 e. The molecule has 3 aromatic rings. The predicted molar refractivity (Wildman–Crippen MR) is 127 cm³/mol. The summed E-state index contributed by atoms with van der Waals surface area (Å²) in [5.74, 6) is -0.423. The van der Waals surface area contributed by atoms with E-state index in [1.807, 2.05) is 13.0 Å². The van der Waals surface area contributed by atoms with Gasteiger partial charge in [0.1, 0.15) is 12.2 Å². The fourth-order valence-electron chi connectivity index (χ4n) is 3.23. The van der Waals surface area contributed by atoms with Gasteiger partial charge in [-0.25, -0.2) is 4.98 Å². The molecule has 1 N–H and O–H groups in total. The van der Waals surface area contributed by atoms with E-state index < -0.39 is 16.5 Å². The van der Waals surface area contributed by atoms with Gasteiger partial charge in [-0.05, 0) is 24.6 Å². The molecule has 3 rings (SSSR count). The largest absolute Gasteiger partial charge is 0.493 e. The molecule has 0 radical (unpaired) electrons. The fraction of sp³-hybridized carbons (Fsp3) is 0.261. The first-order valence-electron chi connectivity index (χ1n) is 10.3. The van der Waals surface area contributed by atoms with Crippen LogP contribution < -0.4 is 14.8 Å². The molecule has 0 saturated carbocycles. The highest BCUT2D eigenvalue weighted by atomic mass is 32.1. The van der Waals surface area contributed by atoms with Crippen LogP contribution in [-0.4, -0.2) is 40.3 Å². The van der Waals surface area contributed by atoms with Crippen molar-refractivity contribution in [2.45, 2.75) is 27.0 Å². The quantitative estimate of drug-likeness (QED) is 0.337. The number of nitro groups is 1. The van der Waals surface area contributed by atoms with Crippen molar-refractivity contribution < 1.29 is 24.0 Å². The lowest BCUT2D eigenvalue weighted by atomic mass is 10.1. The van der Waals surface area contributed by atoms with Crippen LogP contribution in [0.2, 0.25) is 0 Å². The summed E-state index contributed by atoms with van der Waals surface area (Å²) in [6.07, 6.45) is 0. The number of ether oxygens (including phenoxy) is 2. The Morgan fingerprint density at radius 2 is 2.03 bits per heavy atom. The van der Waals surface area contributed by atoms with Gasteiger partial charge in [-0.2, -0.15) is 0 Å². The van der Waals surface area contributed by atoms with Crippen molar-refractivity contribution in [1.82, 2.24) is 9.88 Å². The number of hydrogen-bond donors (Lipinski definition) is 1. The summed E-state index contributed by atoms with van der Waals surface area (Å²) in [5.41, 5.74) is 2.99. The van der Waals surface area contributed by atoms with Gasteiger partial charge in [-0.15, -0.1) is 11.3 Å². The van der Waals surface area contributed by atoms with E-state index in [1.54, 1.807) is 34.0 Å². The maximum atomic E-state index is 13.0. The summed E-state index contributed by atoms with van der Waals surface area (Å²) in [5, 5.41) is 16.2. The van der Waals surface area contributed by atoms with Crippen molar-refractivity contribution >= 4 is 34.5 Å². The number of carbonyl (C=O) groups is 2. The molecule has 0 bridgehead atoms. The number of benzene rings is 2. The van der Waals surface area contributed by atoms with Crippen LogP contribution in [0, 0.1) is 10.1 Å². The molecule has 0 atom stereocenters. The van der Waals surface area contributed by atoms with Crippen LogP contribution in [-0.2, 0) is 17.9 Å². The van der Waals surface area contributed by atoms with E-state index >= 15 is 0 Å². The molecule has 34 heavy (non-hydrogen) atoms. The first-order chi connectivity index (χ1) is 16.3. The van der Waals surface area contributed by atoms with Crippen LogP contribution in [0.25, 0.3) is 0 Å². The van der Waals surface area contributed by atoms with Gasteiger partial charge in [0.25, 0.3) is 11.6 Å². The number of rotatable bonds is 10. The number of thiazole rings is 1. The van der Waals surface area contributed by atoms with Gasteiger partial charge in [0.15, 0.2) is 11.5 Å². The van der Waals surface area contributed by atoms with Crippen LogP contribution in [0.4, 0.5) is 11.4 Å². The normalized spacial score (nSPS) is 10.4. The van der Waals surface area contributed by atoms with Crippen molar-refractivity contribution in [3.05, 3.63) is 74.2 Å². The lowest BCUT2D eigenvalue weighted by molar-refractivity contribution is -0.385. The van der Waals surface area contributed by atoms with E-state index in [2.05, 4.69) is 10.3 Å². The number of aromatic nitrogens is 1. The molecule has 1 aromatic heterocycles. The Kier molecular flexibility index (Phi) is 8.14. The second-order valence-corrected chi connectivity index (χ2v) is 7.95. The molecule has 2 amide bonds. The number of carbonyl (C=O) groups excluding carboxylic acids is 2. The maximum Gasteiger partial charge on any atom is 0.286 e. The van der Waals surface area contributed by atoms with E-state index in [4.69, 9.17) is 9.47 Å². The minimum atomic E-state index is -0.674. The van der Waals surface area contributed by atoms with Crippen LogP contribution in [0.15, 0.2) is 47.3 Å². The summed E-state index contributed by atoms with van der Waals surface area (Å²) >= 11 is 1.40. The molecular weight excluding hydrogens is 460 g/mol. The second-order valence-electron chi connectivity index (χ2n) is 7.23. The molecule has 10 nitrogen and oxygen atoms in total. The standard InChI is InChI=1S/C23H24N4O6S/c1-4-26(15(2)28)11-16-6-5-7-17(8-16)25-23(29)19-9-21(32-3)22(10-20(19)27(30)31)33-12-18-13-34-14-24-18/h5-10,13-14H,4,11-12H2,1-3H3,(H,25,29). The van der Waals surface area contributed by atoms with Crippen molar-refractivity contribution in [2.24, 2.45) is 0 Å². The molecule has 2 aromatic carbocycles. The Hall–Kier alpha value is -3.99. The van der Waals surface area contributed by atoms with E-state index in [0.29, 0.717) is 24.5 Å². The number of anilines is 1. The molecule has 0 aliphatic heterocycles. The van der Waals surface area contributed by atoms with Crippen LogP contribution >= 0.6 is 11.3 Å². The molecular formula is C23H24N4O6S. The zero-order valence-electron chi connectivity index (χ0n) is 18.9. The first kappa shape index (κ1) is 24.6. The Morgan fingerprint density at radius 3 is 2.65 bits per heavy atom. The number of methoxy groups -OCH3 is 1. The third-order valence-corrected chi connectivity index (χ3v) is 5.60. The summed E-state index contributed by atoms with van der Waals surface area (Å²) in [6.45, 7) is 4.41. The molecule has 0 fully saturated rings. The fourth-order valence-corrected chi connectivity index (χ4v) is 3.77. The SMILES string of the molecule is CCN(Cc1cccc(NC(=O)c2cc(OC)c(OCc3cscn3)cc2[N+](=O)[O-])c1)C(C)=O. The number of nitrogens with one attached hydrogen (secondary N) is 1. The van der Waals surface area contributed by atoms with Crippen molar-refractivity contribution in [3.8, 4) is 11.5 Å². The number of nitrogens with zero attached hydrogens (tertiary/aromatic N) is 3. The number of nitro benzene ring substituents is 1. The smallest absolute Gasteiger partial charge is 0.286 e. The van der Waals surface area contributed by atoms with Gasteiger partial charge >= 0.3 is 0 Å². The molecule has 0 saturated heterocycles. The maximum absolute atomic E-state index is 13.0. The molecule has 0 aliphatic rings. The van der Waals surface area contributed by atoms with E-state index in [9.17, 15) is 19.7 Å². The van der Waals surface area contributed by atoms with Gasteiger partial charge in [0.2, 0.25) is 5.91 Å². The Balaban J connectivity index is 1.84. The zero-order chi connectivity index (χ0) is 24.7. The average molecular weight is 485 g/mol. The highest BCUT2D eigenvalue weighted by molar-refractivity contribution is 7.07. The zero-order valence-corrected chi connectivity index (χ0v) is 19.8. The van der Waals surface area contributed by atoms with E-state index in [-0.39, 0.29) is 29.6 Å². The number of hydrogen-bond acceptors (Lipinski definition) is 8.